The number of nitrogens with zero attached hydrogens (tertiary/aromatic N) is 1. The first-order chi connectivity index (χ1) is 13.8. The van der Waals surface area contributed by atoms with E-state index in [1.165, 1.54) is 36.9 Å². The van der Waals surface area contributed by atoms with Gasteiger partial charge >= 0.3 is 0 Å². The molecular formula is C26H30FNO. The summed E-state index contributed by atoms with van der Waals surface area (Å²) in [4.78, 5) is 0. The summed E-state index contributed by atoms with van der Waals surface area (Å²) < 4.78 is 16.3. The zero-order valence-electron chi connectivity index (χ0n) is 17.8. The van der Waals surface area contributed by atoms with Crippen LogP contribution in [0.15, 0.2) is 36.4 Å². The van der Waals surface area contributed by atoms with Gasteiger partial charge in [0.1, 0.15) is 11.6 Å². The van der Waals surface area contributed by atoms with E-state index in [9.17, 15) is 9.50 Å². The zero-order chi connectivity index (χ0) is 20.5. The van der Waals surface area contributed by atoms with Crippen LogP contribution in [0.3, 0.4) is 0 Å². The minimum Gasteiger partial charge on any atom is -0.508 e. The van der Waals surface area contributed by atoms with E-state index in [0.29, 0.717) is 28.6 Å². The molecule has 0 bridgehead atoms. The van der Waals surface area contributed by atoms with Crippen molar-refractivity contribution in [2.24, 2.45) is 11.3 Å². The third-order valence-electron chi connectivity index (χ3n) is 7.30. The number of aromatic hydroxyl groups is 1. The standard InChI is InChI=1S/C26H30FNO/c1-15(2)25-24(18-13-26(14-18)11-16(3)12-26)21-10-20(29)6-8-23(21)28(25)19-5-7-22(27)17(4)9-19/h5-10,15-16,18,29H,11-14H2,1-4H3. The lowest BCUT2D eigenvalue weighted by atomic mass is 9.47. The highest BCUT2D eigenvalue weighted by molar-refractivity contribution is 5.89. The SMILES string of the molecule is Cc1cc(-n2c(C(C)C)c(C3CC4(CC(C)C4)C3)c3cc(O)ccc32)ccc1F. The lowest BCUT2D eigenvalue weighted by Gasteiger charge is -2.57. The highest BCUT2D eigenvalue weighted by atomic mass is 19.1. The quantitative estimate of drug-likeness (QED) is 0.502. The second-order valence-electron chi connectivity index (χ2n) is 10.0. The molecule has 2 nitrogen and oxygen atoms in total. The van der Waals surface area contributed by atoms with E-state index in [4.69, 9.17) is 0 Å². The summed E-state index contributed by atoms with van der Waals surface area (Å²) in [5, 5.41) is 11.4. The van der Waals surface area contributed by atoms with Gasteiger partial charge in [-0.05, 0) is 103 Å². The molecule has 2 aromatic carbocycles. The van der Waals surface area contributed by atoms with E-state index in [-0.39, 0.29) is 5.82 Å². The van der Waals surface area contributed by atoms with Crippen molar-refractivity contribution in [2.45, 2.75) is 65.2 Å². The molecule has 152 valence electrons. The van der Waals surface area contributed by atoms with Crippen molar-refractivity contribution >= 4 is 10.9 Å². The molecule has 3 aromatic rings. The molecule has 3 heteroatoms. The van der Waals surface area contributed by atoms with Crippen LogP contribution in [0.2, 0.25) is 0 Å². The second kappa shape index (κ2) is 6.35. The van der Waals surface area contributed by atoms with Gasteiger partial charge in [0.05, 0.1) is 5.52 Å². The lowest BCUT2D eigenvalue weighted by molar-refractivity contribution is -0.0340. The summed E-state index contributed by atoms with van der Waals surface area (Å²) >= 11 is 0. The molecule has 0 saturated heterocycles. The fourth-order valence-corrected chi connectivity index (χ4v) is 6.31. The van der Waals surface area contributed by atoms with E-state index in [0.717, 1.165) is 22.5 Å². The number of fused-ring (bicyclic) bond motifs is 1. The third kappa shape index (κ3) is 2.81. The fraction of sp³-hybridized carbons (Fsp3) is 0.462. The van der Waals surface area contributed by atoms with Crippen LogP contribution in [0.1, 0.15) is 75.1 Å². The van der Waals surface area contributed by atoms with Crippen molar-refractivity contribution in [1.29, 1.82) is 0 Å². The maximum Gasteiger partial charge on any atom is 0.126 e. The first-order valence-electron chi connectivity index (χ1n) is 10.9. The summed E-state index contributed by atoms with van der Waals surface area (Å²) in [7, 11) is 0. The number of aromatic nitrogens is 1. The molecule has 0 amide bonds. The van der Waals surface area contributed by atoms with Crippen LogP contribution in [0.5, 0.6) is 5.75 Å². The number of rotatable bonds is 3. The number of phenols is 1. The van der Waals surface area contributed by atoms with Crippen molar-refractivity contribution in [3.05, 3.63) is 59.0 Å². The Bertz CT molecular complexity index is 1100. The van der Waals surface area contributed by atoms with Gasteiger partial charge in [0.2, 0.25) is 0 Å². The van der Waals surface area contributed by atoms with Crippen LogP contribution in [0, 0.1) is 24.1 Å². The van der Waals surface area contributed by atoms with Crippen molar-refractivity contribution in [3.63, 3.8) is 0 Å². The zero-order valence-corrected chi connectivity index (χ0v) is 17.8. The van der Waals surface area contributed by atoms with Gasteiger partial charge in [0, 0.05) is 16.8 Å². The number of phenolic OH excluding ortho intramolecular Hbond substituents is 1. The van der Waals surface area contributed by atoms with Crippen LogP contribution in [-0.2, 0) is 0 Å². The molecule has 0 atom stereocenters. The van der Waals surface area contributed by atoms with Crippen LogP contribution >= 0.6 is 0 Å². The molecule has 0 radical (unpaired) electrons. The Balaban J connectivity index is 1.71. The first kappa shape index (κ1) is 18.7. The number of benzene rings is 2. The van der Waals surface area contributed by atoms with Gasteiger partial charge in [-0.25, -0.2) is 4.39 Å². The van der Waals surface area contributed by atoms with Crippen molar-refractivity contribution in [1.82, 2.24) is 4.57 Å². The van der Waals surface area contributed by atoms with E-state index < -0.39 is 0 Å². The van der Waals surface area contributed by atoms with Crippen LogP contribution in [0.25, 0.3) is 16.6 Å². The van der Waals surface area contributed by atoms with Crippen molar-refractivity contribution in [3.8, 4) is 11.4 Å². The van der Waals surface area contributed by atoms with Gasteiger partial charge in [-0.1, -0.05) is 20.8 Å². The Morgan fingerprint density at radius 2 is 1.79 bits per heavy atom. The second-order valence-corrected chi connectivity index (χ2v) is 10.0. The molecule has 2 aliphatic rings. The molecule has 1 N–H and O–H groups in total. The summed E-state index contributed by atoms with van der Waals surface area (Å²) in [6, 6.07) is 11.1. The molecule has 1 aromatic heterocycles. The Morgan fingerprint density at radius 1 is 1.07 bits per heavy atom. The molecule has 0 aliphatic heterocycles. The summed E-state index contributed by atoms with van der Waals surface area (Å²) in [6.07, 6.45) is 5.24. The molecule has 2 fully saturated rings. The Hall–Kier alpha value is -2.29. The van der Waals surface area contributed by atoms with E-state index in [1.54, 1.807) is 12.1 Å². The number of halogens is 1. The van der Waals surface area contributed by atoms with Crippen LogP contribution in [-0.4, -0.2) is 9.67 Å². The summed E-state index contributed by atoms with van der Waals surface area (Å²) in [6.45, 7) is 8.66. The minimum absolute atomic E-state index is 0.172. The van der Waals surface area contributed by atoms with Gasteiger partial charge in [0.15, 0.2) is 0 Å². The Kier molecular flexibility index (Phi) is 4.10. The normalized spacial score (nSPS) is 26.1. The topological polar surface area (TPSA) is 25.2 Å². The van der Waals surface area contributed by atoms with E-state index >= 15 is 0 Å². The summed E-state index contributed by atoms with van der Waals surface area (Å²) in [5.41, 5.74) is 6.04. The van der Waals surface area contributed by atoms with Gasteiger partial charge in [-0.15, -0.1) is 0 Å². The lowest BCUT2D eigenvalue weighted by Crippen LogP contribution is -2.45. The molecule has 2 aliphatic carbocycles. The monoisotopic (exact) mass is 391 g/mol. The van der Waals surface area contributed by atoms with Gasteiger partial charge in [0.25, 0.3) is 0 Å². The highest BCUT2D eigenvalue weighted by Gasteiger charge is 2.52. The number of aryl methyl sites for hydroxylation is 1. The number of hydrogen-bond donors (Lipinski definition) is 1. The number of hydrogen-bond acceptors (Lipinski definition) is 1. The predicted molar refractivity (Wildman–Crippen MR) is 117 cm³/mol. The fourth-order valence-electron chi connectivity index (χ4n) is 6.31. The van der Waals surface area contributed by atoms with Crippen LogP contribution in [0.4, 0.5) is 4.39 Å². The Labute approximate surface area is 172 Å². The molecule has 2 saturated carbocycles. The molecular weight excluding hydrogens is 361 g/mol. The average molecular weight is 392 g/mol. The van der Waals surface area contributed by atoms with Crippen LogP contribution < -0.4 is 0 Å². The first-order valence-corrected chi connectivity index (χ1v) is 10.9. The third-order valence-corrected chi connectivity index (χ3v) is 7.30. The molecule has 5 rings (SSSR count). The maximum atomic E-state index is 14.0. The predicted octanol–water partition coefficient (Wildman–Crippen LogP) is 7.20. The van der Waals surface area contributed by atoms with E-state index in [1.807, 2.05) is 31.2 Å². The summed E-state index contributed by atoms with van der Waals surface area (Å²) in [5.74, 6) is 1.89. The molecule has 1 spiro atoms. The van der Waals surface area contributed by atoms with Crippen molar-refractivity contribution in [2.75, 3.05) is 0 Å². The maximum absolute atomic E-state index is 14.0. The van der Waals surface area contributed by atoms with Gasteiger partial charge in [-0.2, -0.15) is 0 Å². The molecule has 1 heterocycles. The molecule has 0 unspecified atom stereocenters. The average Bonchev–Trinajstić information content (AvgIpc) is 2.93. The largest absolute Gasteiger partial charge is 0.508 e. The van der Waals surface area contributed by atoms with E-state index in [2.05, 4.69) is 25.3 Å². The van der Waals surface area contributed by atoms with Gasteiger partial charge in [-0.3, -0.25) is 0 Å². The molecule has 29 heavy (non-hydrogen) atoms. The van der Waals surface area contributed by atoms with Gasteiger partial charge < -0.3 is 9.67 Å². The highest BCUT2D eigenvalue weighted by Crippen LogP contribution is 2.65. The van der Waals surface area contributed by atoms with Crippen molar-refractivity contribution < 1.29 is 9.50 Å². The minimum atomic E-state index is -0.172. The smallest absolute Gasteiger partial charge is 0.126 e. The Morgan fingerprint density at radius 3 is 2.41 bits per heavy atom.